The van der Waals surface area contributed by atoms with Gasteiger partial charge in [0.25, 0.3) is 0 Å². The number of carbonyl (C=O) groups is 1. The molecular formula is C31H29Cl5F3N3O3S. The van der Waals surface area contributed by atoms with Crippen LogP contribution >= 0.6 is 69.8 Å². The van der Waals surface area contributed by atoms with Gasteiger partial charge in [0.2, 0.25) is 0 Å². The lowest BCUT2D eigenvalue weighted by Crippen LogP contribution is -2.48. The van der Waals surface area contributed by atoms with Crippen LogP contribution in [0.15, 0.2) is 52.3 Å². The van der Waals surface area contributed by atoms with E-state index in [9.17, 15) is 18.0 Å². The Labute approximate surface area is 294 Å². The van der Waals surface area contributed by atoms with E-state index >= 15 is 0 Å². The van der Waals surface area contributed by atoms with Crippen LogP contribution in [0.2, 0.25) is 25.1 Å². The number of nitrogens with zero attached hydrogens (tertiary/aromatic N) is 3. The first-order chi connectivity index (χ1) is 21.8. The lowest BCUT2D eigenvalue weighted by molar-refractivity contribution is -0.151. The van der Waals surface area contributed by atoms with Gasteiger partial charge in [-0.15, -0.1) is 0 Å². The second-order valence-electron chi connectivity index (χ2n) is 10.8. The molecule has 46 heavy (non-hydrogen) atoms. The smallest absolute Gasteiger partial charge is 0.416 e. The Morgan fingerprint density at radius 2 is 1.41 bits per heavy atom. The number of hydrogen-bond donors (Lipinski definition) is 0. The Hall–Kier alpha value is -1.76. The first-order valence-corrected chi connectivity index (χ1v) is 17.1. The summed E-state index contributed by atoms with van der Waals surface area (Å²) in [4.78, 5) is 20.9. The Bertz CT molecular complexity index is 1560. The number of esters is 1. The Morgan fingerprint density at radius 3 is 2.07 bits per heavy atom. The number of hydrogen-bond acceptors (Lipinski definition) is 7. The third kappa shape index (κ3) is 8.09. The Kier molecular flexibility index (Phi) is 11.7. The average Bonchev–Trinajstić information content (AvgIpc) is 3.04. The van der Waals surface area contributed by atoms with E-state index in [2.05, 4.69) is 9.80 Å². The zero-order valence-electron chi connectivity index (χ0n) is 24.5. The molecule has 1 saturated heterocycles. The standard InChI is InChI=1S/C31H29Cl5F3N3O3S/c1-18(45-29-27(35)25(33)24(32)26(34)28(29)36)30(43)44-16-15-41-13-11-40(12-14-41)9-4-10-42-20-5-2-3-6-22(20)46-23-8-7-19(17-21(23)42)31(37,38)39/h2-3,5-8,17-18H,4,9-16H2,1H3. The van der Waals surface area contributed by atoms with Gasteiger partial charge in [-0.2, -0.15) is 13.2 Å². The second-order valence-corrected chi connectivity index (χ2v) is 13.7. The molecule has 0 N–H and O–H groups in total. The van der Waals surface area contributed by atoms with E-state index < -0.39 is 23.8 Å². The predicted octanol–water partition coefficient (Wildman–Crippen LogP) is 9.59. The zero-order chi connectivity index (χ0) is 33.2. The molecule has 5 rings (SSSR count). The fraction of sp³-hybridized carbons (Fsp3) is 0.387. The highest BCUT2D eigenvalue weighted by molar-refractivity contribution is 7.99. The van der Waals surface area contributed by atoms with E-state index in [-0.39, 0.29) is 37.5 Å². The molecule has 0 aromatic heterocycles. The van der Waals surface area contributed by atoms with Crippen LogP contribution < -0.4 is 9.64 Å². The van der Waals surface area contributed by atoms with Gasteiger partial charge in [-0.3, -0.25) is 4.90 Å². The summed E-state index contributed by atoms with van der Waals surface area (Å²) in [6.07, 6.45) is -4.66. The predicted molar refractivity (Wildman–Crippen MR) is 179 cm³/mol. The van der Waals surface area contributed by atoms with Crippen LogP contribution in [0.1, 0.15) is 18.9 Å². The van der Waals surface area contributed by atoms with Crippen molar-refractivity contribution in [1.29, 1.82) is 0 Å². The lowest BCUT2D eigenvalue weighted by Gasteiger charge is -2.36. The van der Waals surface area contributed by atoms with E-state index in [4.69, 9.17) is 67.5 Å². The van der Waals surface area contributed by atoms with Crippen LogP contribution in [-0.2, 0) is 15.7 Å². The van der Waals surface area contributed by atoms with Gasteiger partial charge in [0.1, 0.15) is 16.7 Å². The summed E-state index contributed by atoms with van der Waals surface area (Å²) in [5.41, 5.74) is 0.861. The number of alkyl halides is 3. The number of halogens is 8. The average molecular weight is 758 g/mol. The Morgan fingerprint density at radius 1 is 0.826 bits per heavy atom. The van der Waals surface area contributed by atoms with E-state index in [0.717, 1.165) is 60.7 Å². The zero-order valence-corrected chi connectivity index (χ0v) is 29.1. The molecule has 0 radical (unpaired) electrons. The number of piperazine rings is 1. The molecule has 1 fully saturated rings. The Balaban J connectivity index is 1.07. The maximum atomic E-state index is 13.5. The maximum Gasteiger partial charge on any atom is 0.416 e. The third-order valence-electron chi connectivity index (χ3n) is 7.72. The number of ether oxygens (including phenoxy) is 2. The van der Waals surface area contributed by atoms with E-state index in [1.807, 2.05) is 29.2 Å². The molecule has 0 amide bonds. The fourth-order valence-electron chi connectivity index (χ4n) is 5.24. The monoisotopic (exact) mass is 755 g/mol. The molecule has 0 aliphatic carbocycles. The highest BCUT2D eigenvalue weighted by Crippen LogP contribution is 2.50. The van der Waals surface area contributed by atoms with Gasteiger partial charge in [0.15, 0.2) is 11.9 Å². The molecule has 6 nitrogen and oxygen atoms in total. The molecule has 0 saturated carbocycles. The van der Waals surface area contributed by atoms with Gasteiger partial charge < -0.3 is 19.3 Å². The van der Waals surface area contributed by atoms with E-state index in [0.29, 0.717) is 18.8 Å². The van der Waals surface area contributed by atoms with Gasteiger partial charge >= 0.3 is 12.1 Å². The van der Waals surface area contributed by atoms with Crippen molar-refractivity contribution in [2.45, 2.75) is 35.4 Å². The second kappa shape index (κ2) is 15.2. The van der Waals surface area contributed by atoms with Gasteiger partial charge in [-0.25, -0.2) is 4.79 Å². The molecule has 248 valence electrons. The SMILES string of the molecule is CC(Oc1c(Cl)c(Cl)c(Cl)c(Cl)c1Cl)C(=O)OCCN1CCN(CCCN2c3ccccc3Sc3ccc(C(F)(F)F)cc32)CC1. The molecular weight excluding hydrogens is 729 g/mol. The minimum absolute atomic E-state index is 0.0123. The van der Waals surface area contributed by atoms with Crippen molar-refractivity contribution >= 4 is 87.1 Å². The van der Waals surface area contributed by atoms with Crippen molar-refractivity contribution in [1.82, 2.24) is 9.80 Å². The quantitative estimate of drug-likeness (QED) is 0.116. The highest BCUT2D eigenvalue weighted by Gasteiger charge is 2.33. The van der Waals surface area contributed by atoms with Crippen molar-refractivity contribution in [3.05, 3.63) is 73.1 Å². The van der Waals surface area contributed by atoms with Crippen molar-refractivity contribution in [2.75, 3.05) is 57.3 Å². The van der Waals surface area contributed by atoms with Gasteiger partial charge in [0.05, 0.1) is 32.0 Å². The van der Waals surface area contributed by atoms with Gasteiger partial charge in [-0.1, -0.05) is 81.9 Å². The third-order valence-corrected chi connectivity index (χ3v) is 11.1. The van der Waals surface area contributed by atoms with Crippen LogP contribution in [0.5, 0.6) is 5.75 Å². The molecule has 2 aliphatic rings. The number of rotatable bonds is 10. The molecule has 1 atom stereocenters. The number of carbonyl (C=O) groups excluding carboxylic acids is 1. The molecule has 1 unspecified atom stereocenters. The van der Waals surface area contributed by atoms with Crippen molar-refractivity contribution < 1.29 is 27.4 Å². The van der Waals surface area contributed by atoms with Crippen molar-refractivity contribution in [2.24, 2.45) is 0 Å². The highest BCUT2D eigenvalue weighted by atomic mass is 35.5. The molecule has 0 spiro atoms. The van der Waals surface area contributed by atoms with Crippen molar-refractivity contribution in [3.8, 4) is 5.75 Å². The largest absolute Gasteiger partial charge is 0.476 e. The summed E-state index contributed by atoms with van der Waals surface area (Å²) < 4.78 is 51.6. The summed E-state index contributed by atoms with van der Waals surface area (Å²) in [6, 6.07) is 11.8. The summed E-state index contributed by atoms with van der Waals surface area (Å²) in [7, 11) is 0. The lowest BCUT2D eigenvalue weighted by atomic mass is 10.1. The molecule has 15 heteroatoms. The van der Waals surface area contributed by atoms with E-state index in [1.165, 1.54) is 24.8 Å². The molecule has 0 bridgehead atoms. The normalized spacial score (nSPS) is 16.2. The number of anilines is 2. The molecule has 3 aromatic carbocycles. The fourth-order valence-corrected chi connectivity index (χ4v) is 7.53. The van der Waals surface area contributed by atoms with Crippen LogP contribution in [0, 0.1) is 0 Å². The van der Waals surface area contributed by atoms with Crippen LogP contribution in [0.4, 0.5) is 24.5 Å². The number of benzene rings is 3. The summed E-state index contributed by atoms with van der Waals surface area (Å²) >= 11 is 32.0. The first-order valence-electron chi connectivity index (χ1n) is 14.4. The topological polar surface area (TPSA) is 45.3 Å². The minimum atomic E-state index is -4.41. The van der Waals surface area contributed by atoms with E-state index in [1.54, 1.807) is 6.07 Å². The van der Waals surface area contributed by atoms with Crippen LogP contribution in [0.3, 0.4) is 0 Å². The first kappa shape index (κ1) is 35.5. The van der Waals surface area contributed by atoms with Crippen LogP contribution in [0.25, 0.3) is 0 Å². The maximum absolute atomic E-state index is 13.5. The summed E-state index contributed by atoms with van der Waals surface area (Å²) in [6.45, 7) is 6.84. The summed E-state index contributed by atoms with van der Waals surface area (Å²) in [5.74, 6) is -0.656. The minimum Gasteiger partial charge on any atom is -0.476 e. The molecule has 3 aromatic rings. The van der Waals surface area contributed by atoms with Crippen molar-refractivity contribution in [3.63, 3.8) is 0 Å². The number of fused-ring (bicyclic) bond motifs is 2. The number of para-hydroxylation sites is 1. The van der Waals surface area contributed by atoms with Crippen LogP contribution in [-0.4, -0.2) is 74.3 Å². The van der Waals surface area contributed by atoms with Gasteiger partial charge in [-0.05, 0) is 50.2 Å². The van der Waals surface area contributed by atoms with Gasteiger partial charge in [0, 0.05) is 49.1 Å². The molecule has 2 aliphatic heterocycles. The molecule has 2 heterocycles. The summed E-state index contributed by atoms with van der Waals surface area (Å²) in [5, 5.41) is -0.194.